The van der Waals surface area contributed by atoms with Crippen LogP contribution in [0.3, 0.4) is 0 Å². The van der Waals surface area contributed by atoms with Gasteiger partial charge in [-0.05, 0) is 31.3 Å². The fraction of sp³-hybridized carbons (Fsp3) is 0.714. The van der Waals surface area contributed by atoms with Crippen molar-refractivity contribution in [3.05, 3.63) is 23.8 Å². The van der Waals surface area contributed by atoms with Gasteiger partial charge in [0.2, 0.25) is 0 Å². The van der Waals surface area contributed by atoms with Crippen molar-refractivity contribution in [2.45, 2.75) is 64.4 Å². The minimum atomic E-state index is -0.528. The second kappa shape index (κ2) is 6.12. The number of unbranched alkanes of at least 4 members (excludes halogenated alkanes) is 2. The zero-order valence-electron chi connectivity index (χ0n) is 10.1. The molecule has 0 saturated heterocycles. The summed E-state index contributed by atoms with van der Waals surface area (Å²) >= 11 is 0. The summed E-state index contributed by atoms with van der Waals surface area (Å²) in [7, 11) is 0. The van der Waals surface area contributed by atoms with Crippen molar-refractivity contribution in [1.29, 1.82) is 0 Å². The van der Waals surface area contributed by atoms with E-state index < -0.39 is 5.60 Å². The van der Waals surface area contributed by atoms with Crippen LogP contribution >= 0.6 is 0 Å². The summed E-state index contributed by atoms with van der Waals surface area (Å²) in [5, 5.41) is 10.6. The summed E-state index contributed by atoms with van der Waals surface area (Å²) in [6, 6.07) is 0. The Bertz CT molecular complexity index is 240. The van der Waals surface area contributed by atoms with Crippen molar-refractivity contribution in [3.63, 3.8) is 0 Å². The van der Waals surface area contributed by atoms with Gasteiger partial charge in [-0.1, -0.05) is 51.3 Å². The van der Waals surface area contributed by atoms with Gasteiger partial charge in [-0.25, -0.2) is 0 Å². The monoisotopic (exact) mass is 208 g/mol. The minimum absolute atomic E-state index is 0.528. The molecule has 0 amide bonds. The maximum atomic E-state index is 10.6. The Labute approximate surface area is 93.9 Å². The van der Waals surface area contributed by atoms with E-state index >= 15 is 0 Å². The summed E-state index contributed by atoms with van der Waals surface area (Å²) in [5.41, 5.74) is 0.722. The number of aliphatic hydroxyl groups is 1. The molecule has 1 aliphatic rings. The molecule has 1 aliphatic carbocycles. The molecule has 0 aromatic heterocycles. The zero-order valence-corrected chi connectivity index (χ0v) is 10.1. The fourth-order valence-electron chi connectivity index (χ4n) is 2.15. The van der Waals surface area contributed by atoms with Crippen molar-refractivity contribution in [3.8, 4) is 0 Å². The Morgan fingerprint density at radius 3 is 2.67 bits per heavy atom. The Kier molecular flexibility index (Phi) is 5.10. The summed E-state index contributed by atoms with van der Waals surface area (Å²) < 4.78 is 0. The fourth-order valence-corrected chi connectivity index (χ4v) is 2.15. The van der Waals surface area contributed by atoms with E-state index in [0.29, 0.717) is 0 Å². The van der Waals surface area contributed by atoms with Crippen LogP contribution in [0.15, 0.2) is 23.8 Å². The maximum Gasteiger partial charge on any atom is 0.0894 e. The topological polar surface area (TPSA) is 20.2 Å². The lowest BCUT2D eigenvalue weighted by atomic mass is 9.80. The van der Waals surface area contributed by atoms with Gasteiger partial charge in [-0.3, -0.25) is 0 Å². The minimum Gasteiger partial charge on any atom is -0.385 e. The predicted octanol–water partition coefficient (Wildman–Crippen LogP) is 3.98. The highest BCUT2D eigenvalue weighted by Crippen LogP contribution is 2.33. The molecule has 0 fully saturated rings. The lowest BCUT2D eigenvalue weighted by molar-refractivity contribution is 0.0644. The van der Waals surface area contributed by atoms with Crippen LogP contribution in [0.5, 0.6) is 0 Å². The maximum absolute atomic E-state index is 10.6. The number of rotatable bonds is 6. The SMILES string of the molecule is CCCCC1=CC=CCC1(O)CCCC. The van der Waals surface area contributed by atoms with Crippen molar-refractivity contribution >= 4 is 0 Å². The van der Waals surface area contributed by atoms with Gasteiger partial charge >= 0.3 is 0 Å². The van der Waals surface area contributed by atoms with E-state index in [1.54, 1.807) is 0 Å². The molecule has 0 aromatic carbocycles. The summed E-state index contributed by atoms with van der Waals surface area (Å²) in [5.74, 6) is 0. The zero-order chi connectivity index (χ0) is 11.1. The highest BCUT2D eigenvalue weighted by Gasteiger charge is 2.30. The van der Waals surface area contributed by atoms with E-state index in [9.17, 15) is 5.11 Å². The largest absolute Gasteiger partial charge is 0.385 e. The van der Waals surface area contributed by atoms with Crippen LogP contribution in [0.1, 0.15) is 58.8 Å². The molecule has 0 spiro atoms. The molecule has 0 saturated carbocycles. The third kappa shape index (κ3) is 3.49. The molecule has 15 heavy (non-hydrogen) atoms. The molecule has 1 rings (SSSR count). The number of hydrogen-bond acceptors (Lipinski definition) is 1. The lowest BCUT2D eigenvalue weighted by Crippen LogP contribution is -2.32. The van der Waals surface area contributed by atoms with E-state index in [0.717, 1.165) is 32.1 Å². The molecule has 0 heterocycles. The van der Waals surface area contributed by atoms with Crippen LogP contribution < -0.4 is 0 Å². The molecular formula is C14H24O. The molecule has 1 N–H and O–H groups in total. The van der Waals surface area contributed by atoms with E-state index in [2.05, 4.69) is 32.1 Å². The van der Waals surface area contributed by atoms with Crippen molar-refractivity contribution in [2.75, 3.05) is 0 Å². The Balaban J connectivity index is 2.60. The normalized spacial score (nSPS) is 25.4. The molecule has 1 nitrogen and oxygen atoms in total. The van der Waals surface area contributed by atoms with Gasteiger partial charge in [0.15, 0.2) is 0 Å². The van der Waals surface area contributed by atoms with Crippen molar-refractivity contribution in [2.24, 2.45) is 0 Å². The molecule has 0 aromatic rings. The second-order valence-corrected chi connectivity index (χ2v) is 4.56. The smallest absolute Gasteiger partial charge is 0.0894 e. The molecule has 0 radical (unpaired) electrons. The highest BCUT2D eigenvalue weighted by atomic mass is 16.3. The average molecular weight is 208 g/mol. The van der Waals surface area contributed by atoms with Gasteiger partial charge in [0, 0.05) is 0 Å². The van der Waals surface area contributed by atoms with Gasteiger partial charge in [0.1, 0.15) is 0 Å². The third-order valence-corrected chi connectivity index (χ3v) is 3.23. The molecule has 0 aliphatic heterocycles. The molecule has 1 unspecified atom stereocenters. The molecule has 1 heteroatoms. The Morgan fingerprint density at radius 1 is 1.27 bits per heavy atom. The first-order valence-electron chi connectivity index (χ1n) is 6.31. The average Bonchev–Trinajstić information content (AvgIpc) is 2.25. The van der Waals surface area contributed by atoms with Gasteiger partial charge in [0.05, 0.1) is 5.60 Å². The summed E-state index contributed by atoms with van der Waals surface area (Å²) in [6.07, 6.45) is 13.7. The standard InChI is InChI=1S/C14H24O/c1-3-5-9-13-10-7-8-12-14(13,15)11-6-4-2/h7-8,10,15H,3-6,9,11-12H2,1-2H3. The molecular weight excluding hydrogens is 184 g/mol. The number of hydrogen-bond donors (Lipinski definition) is 1. The predicted molar refractivity (Wildman–Crippen MR) is 65.8 cm³/mol. The summed E-state index contributed by atoms with van der Waals surface area (Å²) in [4.78, 5) is 0. The van der Waals surface area contributed by atoms with Crippen LogP contribution in [0.25, 0.3) is 0 Å². The molecule has 0 bridgehead atoms. The van der Waals surface area contributed by atoms with Gasteiger partial charge < -0.3 is 5.11 Å². The lowest BCUT2D eigenvalue weighted by Gasteiger charge is -2.32. The first kappa shape index (κ1) is 12.5. The van der Waals surface area contributed by atoms with E-state index in [4.69, 9.17) is 0 Å². The third-order valence-electron chi connectivity index (χ3n) is 3.23. The first-order valence-corrected chi connectivity index (χ1v) is 6.31. The van der Waals surface area contributed by atoms with Crippen LogP contribution in [0.2, 0.25) is 0 Å². The second-order valence-electron chi connectivity index (χ2n) is 4.56. The Morgan fingerprint density at radius 2 is 2.00 bits per heavy atom. The van der Waals surface area contributed by atoms with E-state index in [1.165, 1.54) is 18.4 Å². The quantitative estimate of drug-likeness (QED) is 0.700. The van der Waals surface area contributed by atoms with Crippen LogP contribution in [-0.4, -0.2) is 10.7 Å². The summed E-state index contributed by atoms with van der Waals surface area (Å²) in [6.45, 7) is 4.38. The number of allylic oxidation sites excluding steroid dienone is 2. The highest BCUT2D eigenvalue weighted by molar-refractivity contribution is 5.28. The van der Waals surface area contributed by atoms with Gasteiger partial charge in [0.25, 0.3) is 0 Å². The van der Waals surface area contributed by atoms with Crippen molar-refractivity contribution in [1.82, 2.24) is 0 Å². The van der Waals surface area contributed by atoms with Gasteiger partial charge in [-0.2, -0.15) is 0 Å². The van der Waals surface area contributed by atoms with Crippen LogP contribution in [0.4, 0.5) is 0 Å². The van der Waals surface area contributed by atoms with Crippen LogP contribution in [-0.2, 0) is 0 Å². The van der Waals surface area contributed by atoms with E-state index in [1.807, 2.05) is 0 Å². The molecule has 86 valence electrons. The van der Waals surface area contributed by atoms with Gasteiger partial charge in [-0.15, -0.1) is 0 Å². The first-order chi connectivity index (χ1) is 7.23. The van der Waals surface area contributed by atoms with E-state index in [-0.39, 0.29) is 0 Å². The molecule has 1 atom stereocenters. The van der Waals surface area contributed by atoms with Crippen LogP contribution in [0, 0.1) is 0 Å². The van der Waals surface area contributed by atoms with Crippen molar-refractivity contribution < 1.29 is 5.11 Å². The Hall–Kier alpha value is -0.560.